The smallest absolute Gasteiger partial charge is 0.270 e. The van der Waals surface area contributed by atoms with Crippen LogP contribution in [0.3, 0.4) is 0 Å². The van der Waals surface area contributed by atoms with Gasteiger partial charge in [-0.1, -0.05) is 13.3 Å². The lowest BCUT2D eigenvalue weighted by atomic mass is 9.95. The normalized spacial score (nSPS) is 18.1. The summed E-state index contributed by atoms with van der Waals surface area (Å²) in [6.07, 6.45) is 2.08. The van der Waals surface area contributed by atoms with Gasteiger partial charge in [0.1, 0.15) is 11.6 Å². The Bertz CT molecular complexity index is 541. The van der Waals surface area contributed by atoms with Crippen LogP contribution in [0.5, 0.6) is 5.75 Å². The molecular weight excluding hydrogens is 293 g/mol. The van der Waals surface area contributed by atoms with E-state index in [9.17, 15) is 13.2 Å². The molecular formula is C17H21F3O2. The number of hydrogen-bond donors (Lipinski definition) is 0. The summed E-state index contributed by atoms with van der Waals surface area (Å²) in [6.45, 7) is 3.96. The maximum atomic E-state index is 14.5. The molecule has 2 rings (SSSR count). The summed E-state index contributed by atoms with van der Waals surface area (Å²) in [4.78, 5) is 0. The first-order chi connectivity index (χ1) is 10.6. The van der Waals surface area contributed by atoms with Crippen molar-refractivity contribution < 1.29 is 22.6 Å². The molecule has 1 aromatic carbocycles. The standard InChI is InChI=1S/C17H21F3O2/c1-3-5-12-7-6-11(10-22-12)13-8-9-14(21-4-2)15(16(13)18)17(19)20/h8-10,12,17H,3-7H2,1-2H3. The third-order valence-corrected chi connectivity index (χ3v) is 3.75. The van der Waals surface area contributed by atoms with Crippen LogP contribution in [-0.4, -0.2) is 12.7 Å². The second-order valence-electron chi connectivity index (χ2n) is 5.30. The van der Waals surface area contributed by atoms with Crippen LogP contribution in [0, 0.1) is 5.82 Å². The van der Waals surface area contributed by atoms with Crippen molar-refractivity contribution in [1.82, 2.24) is 0 Å². The number of rotatable bonds is 6. The molecule has 1 atom stereocenters. The highest BCUT2D eigenvalue weighted by Crippen LogP contribution is 2.37. The first kappa shape index (κ1) is 16.7. The molecule has 1 aliphatic heterocycles. The minimum absolute atomic E-state index is 0.0973. The lowest BCUT2D eigenvalue weighted by Gasteiger charge is -2.24. The van der Waals surface area contributed by atoms with Crippen molar-refractivity contribution in [2.75, 3.05) is 6.61 Å². The molecule has 1 heterocycles. The van der Waals surface area contributed by atoms with E-state index in [0.29, 0.717) is 12.0 Å². The predicted molar refractivity (Wildman–Crippen MR) is 79.5 cm³/mol. The molecule has 0 bridgehead atoms. The minimum atomic E-state index is -2.92. The number of benzene rings is 1. The van der Waals surface area contributed by atoms with E-state index in [0.717, 1.165) is 19.3 Å². The van der Waals surface area contributed by atoms with Gasteiger partial charge in [-0.2, -0.15) is 0 Å². The van der Waals surface area contributed by atoms with E-state index in [2.05, 4.69) is 6.92 Å². The van der Waals surface area contributed by atoms with Gasteiger partial charge in [0, 0.05) is 5.56 Å². The average molecular weight is 314 g/mol. The Kier molecular flexibility index (Phi) is 5.75. The SMILES string of the molecule is CCCC1CCC(c2ccc(OCC)c(C(F)F)c2F)=CO1. The van der Waals surface area contributed by atoms with Crippen LogP contribution < -0.4 is 4.74 Å². The quantitative estimate of drug-likeness (QED) is 0.692. The van der Waals surface area contributed by atoms with Gasteiger partial charge in [0.05, 0.1) is 24.5 Å². The molecule has 0 spiro atoms. The van der Waals surface area contributed by atoms with Crippen LogP contribution >= 0.6 is 0 Å². The van der Waals surface area contributed by atoms with Crippen LogP contribution in [-0.2, 0) is 4.74 Å². The van der Waals surface area contributed by atoms with Gasteiger partial charge in [0.15, 0.2) is 0 Å². The molecule has 0 N–H and O–H groups in total. The first-order valence-corrected chi connectivity index (χ1v) is 7.66. The van der Waals surface area contributed by atoms with Crippen molar-refractivity contribution in [1.29, 1.82) is 0 Å². The number of hydrogen-bond acceptors (Lipinski definition) is 2. The van der Waals surface area contributed by atoms with Crippen molar-refractivity contribution in [3.05, 3.63) is 35.3 Å². The maximum Gasteiger partial charge on any atom is 0.270 e. The van der Waals surface area contributed by atoms with Crippen molar-refractivity contribution in [3.63, 3.8) is 0 Å². The van der Waals surface area contributed by atoms with E-state index in [4.69, 9.17) is 9.47 Å². The minimum Gasteiger partial charge on any atom is -0.498 e. The Morgan fingerprint density at radius 1 is 1.32 bits per heavy atom. The topological polar surface area (TPSA) is 18.5 Å². The highest BCUT2D eigenvalue weighted by molar-refractivity contribution is 5.67. The fourth-order valence-corrected chi connectivity index (χ4v) is 2.66. The average Bonchev–Trinajstić information content (AvgIpc) is 2.49. The Labute approximate surface area is 128 Å². The van der Waals surface area contributed by atoms with E-state index in [1.54, 1.807) is 6.92 Å². The molecule has 0 saturated heterocycles. The predicted octanol–water partition coefficient (Wildman–Crippen LogP) is 5.48. The monoisotopic (exact) mass is 314 g/mol. The van der Waals surface area contributed by atoms with E-state index in [-0.39, 0.29) is 24.0 Å². The third-order valence-electron chi connectivity index (χ3n) is 3.75. The van der Waals surface area contributed by atoms with Crippen LogP contribution in [0.4, 0.5) is 13.2 Å². The van der Waals surface area contributed by atoms with Crippen molar-refractivity contribution in [3.8, 4) is 5.75 Å². The summed E-state index contributed by atoms with van der Waals surface area (Å²) in [5, 5.41) is 0. The van der Waals surface area contributed by atoms with Crippen LogP contribution in [0.2, 0.25) is 0 Å². The number of ether oxygens (including phenoxy) is 2. The van der Waals surface area contributed by atoms with Crippen molar-refractivity contribution >= 4 is 5.57 Å². The Balaban J connectivity index is 2.31. The van der Waals surface area contributed by atoms with Gasteiger partial charge in [-0.25, -0.2) is 13.2 Å². The van der Waals surface area contributed by atoms with Gasteiger partial charge in [0.25, 0.3) is 6.43 Å². The maximum absolute atomic E-state index is 14.5. The largest absolute Gasteiger partial charge is 0.498 e. The number of halogens is 3. The fourth-order valence-electron chi connectivity index (χ4n) is 2.66. The van der Waals surface area contributed by atoms with Crippen LogP contribution in [0.25, 0.3) is 5.57 Å². The zero-order valence-electron chi connectivity index (χ0n) is 12.9. The fraction of sp³-hybridized carbons (Fsp3) is 0.529. The Hall–Kier alpha value is -1.65. The summed E-state index contributed by atoms with van der Waals surface area (Å²) >= 11 is 0. The van der Waals surface area contributed by atoms with Gasteiger partial charge < -0.3 is 9.47 Å². The number of allylic oxidation sites excluding steroid dienone is 1. The van der Waals surface area contributed by atoms with Gasteiger partial charge >= 0.3 is 0 Å². The van der Waals surface area contributed by atoms with Crippen molar-refractivity contribution in [2.24, 2.45) is 0 Å². The second kappa shape index (κ2) is 7.56. The van der Waals surface area contributed by atoms with E-state index >= 15 is 0 Å². The molecule has 22 heavy (non-hydrogen) atoms. The molecule has 0 fully saturated rings. The molecule has 1 aliphatic rings. The summed E-state index contributed by atoms with van der Waals surface area (Å²) in [5.74, 6) is -1.01. The first-order valence-electron chi connectivity index (χ1n) is 7.66. The van der Waals surface area contributed by atoms with Gasteiger partial charge in [-0.05, 0) is 43.9 Å². The van der Waals surface area contributed by atoms with Crippen LogP contribution in [0.1, 0.15) is 57.1 Å². The molecule has 122 valence electrons. The lowest BCUT2D eigenvalue weighted by molar-refractivity contribution is 0.118. The van der Waals surface area contributed by atoms with E-state index in [1.807, 2.05) is 0 Å². The van der Waals surface area contributed by atoms with Crippen molar-refractivity contribution in [2.45, 2.75) is 52.1 Å². The molecule has 1 unspecified atom stereocenters. The molecule has 0 aliphatic carbocycles. The Morgan fingerprint density at radius 2 is 2.09 bits per heavy atom. The van der Waals surface area contributed by atoms with Gasteiger partial charge in [-0.3, -0.25) is 0 Å². The molecule has 0 amide bonds. The zero-order valence-corrected chi connectivity index (χ0v) is 12.9. The summed E-state index contributed by atoms with van der Waals surface area (Å²) in [6, 6.07) is 2.89. The van der Waals surface area contributed by atoms with Gasteiger partial charge in [0.2, 0.25) is 0 Å². The van der Waals surface area contributed by atoms with E-state index in [1.165, 1.54) is 18.4 Å². The molecule has 1 aromatic rings. The van der Waals surface area contributed by atoms with E-state index < -0.39 is 17.8 Å². The zero-order chi connectivity index (χ0) is 16.1. The molecule has 0 saturated carbocycles. The molecule has 5 heteroatoms. The summed E-state index contributed by atoms with van der Waals surface area (Å²) in [5.41, 5.74) is 0.124. The highest BCUT2D eigenvalue weighted by Gasteiger charge is 2.25. The molecule has 0 radical (unpaired) electrons. The third kappa shape index (κ3) is 3.57. The lowest BCUT2D eigenvalue weighted by Crippen LogP contribution is -2.14. The Morgan fingerprint density at radius 3 is 2.64 bits per heavy atom. The summed E-state index contributed by atoms with van der Waals surface area (Å²) < 4.78 is 51.5. The number of alkyl halides is 2. The van der Waals surface area contributed by atoms with Gasteiger partial charge in [-0.15, -0.1) is 0 Å². The van der Waals surface area contributed by atoms with Crippen LogP contribution in [0.15, 0.2) is 18.4 Å². The summed E-state index contributed by atoms with van der Waals surface area (Å²) in [7, 11) is 0. The second-order valence-corrected chi connectivity index (χ2v) is 5.30. The highest BCUT2D eigenvalue weighted by atomic mass is 19.3. The molecule has 0 aromatic heterocycles. The molecule has 2 nitrogen and oxygen atoms in total.